The Morgan fingerprint density at radius 3 is 2.29 bits per heavy atom. The minimum absolute atomic E-state index is 0.0491. The Hall–Kier alpha value is -3.86. The van der Waals surface area contributed by atoms with E-state index < -0.39 is 0 Å². The van der Waals surface area contributed by atoms with E-state index in [0.29, 0.717) is 23.9 Å². The van der Waals surface area contributed by atoms with Crippen LogP contribution in [0.15, 0.2) is 84.9 Å². The number of carbonyl (C=O) groups excluding carboxylic acids is 2. The molecule has 0 heterocycles. The van der Waals surface area contributed by atoms with E-state index >= 15 is 0 Å². The minimum atomic E-state index is -0.228. The molecule has 0 aliphatic heterocycles. The molecule has 2 N–H and O–H groups in total. The molecule has 156 valence electrons. The zero-order valence-electron chi connectivity index (χ0n) is 17.1. The van der Waals surface area contributed by atoms with Crippen LogP contribution in [0.1, 0.15) is 34.3 Å². The largest absolute Gasteiger partial charge is 0.489 e. The van der Waals surface area contributed by atoms with Gasteiger partial charge in [-0.2, -0.15) is 0 Å². The molecular weight excluding hydrogens is 388 g/mol. The zero-order valence-corrected chi connectivity index (χ0v) is 17.1. The Morgan fingerprint density at radius 2 is 1.61 bits per heavy atom. The Labute approximate surface area is 181 Å². The van der Waals surface area contributed by atoms with Gasteiger partial charge in [0.25, 0.3) is 5.91 Å². The van der Waals surface area contributed by atoms with E-state index in [1.807, 2.05) is 54.6 Å². The van der Waals surface area contributed by atoms with Crippen molar-refractivity contribution in [3.63, 3.8) is 0 Å². The van der Waals surface area contributed by atoms with Gasteiger partial charge in [-0.3, -0.25) is 9.59 Å². The van der Waals surface area contributed by atoms with Crippen LogP contribution in [0, 0.1) is 0 Å². The summed E-state index contributed by atoms with van der Waals surface area (Å²) in [6, 6.07) is 24.7. The highest BCUT2D eigenvalue weighted by Gasteiger charge is 2.23. The van der Waals surface area contributed by atoms with Gasteiger partial charge in [-0.25, -0.2) is 0 Å². The predicted molar refractivity (Wildman–Crippen MR) is 122 cm³/mol. The van der Waals surface area contributed by atoms with Gasteiger partial charge >= 0.3 is 0 Å². The van der Waals surface area contributed by atoms with Crippen LogP contribution < -0.4 is 15.4 Å². The van der Waals surface area contributed by atoms with Crippen LogP contribution in [0.4, 0.5) is 5.69 Å². The summed E-state index contributed by atoms with van der Waals surface area (Å²) in [6.45, 7) is 0.496. The van der Waals surface area contributed by atoms with Gasteiger partial charge in [0.1, 0.15) is 12.4 Å². The fourth-order valence-corrected chi connectivity index (χ4v) is 2.97. The molecule has 31 heavy (non-hydrogen) atoms. The molecule has 0 atom stereocenters. The second kappa shape index (κ2) is 9.76. The Bertz CT molecular complexity index is 1050. The SMILES string of the molecule is O=C(/C=C/c1ccc(C(=O)NC2CC2)cc1)Nc1ccc(OCc2ccccc2)cc1. The van der Waals surface area contributed by atoms with Gasteiger partial charge in [-0.1, -0.05) is 42.5 Å². The molecule has 1 saturated carbocycles. The van der Waals surface area contributed by atoms with Crippen LogP contribution >= 0.6 is 0 Å². The number of nitrogens with one attached hydrogen (secondary N) is 2. The van der Waals surface area contributed by atoms with Crippen LogP contribution in [-0.4, -0.2) is 17.9 Å². The summed E-state index contributed by atoms with van der Waals surface area (Å²) in [6.07, 6.45) is 5.31. The van der Waals surface area contributed by atoms with Crippen LogP contribution in [0.2, 0.25) is 0 Å². The third-order valence-electron chi connectivity index (χ3n) is 4.88. The van der Waals surface area contributed by atoms with Crippen LogP contribution in [0.3, 0.4) is 0 Å². The molecule has 2 amide bonds. The van der Waals surface area contributed by atoms with Gasteiger partial charge in [-0.05, 0) is 66.4 Å². The lowest BCUT2D eigenvalue weighted by atomic mass is 10.1. The highest BCUT2D eigenvalue weighted by molar-refractivity contribution is 6.02. The Balaban J connectivity index is 1.26. The lowest BCUT2D eigenvalue weighted by molar-refractivity contribution is -0.111. The van der Waals surface area contributed by atoms with E-state index in [9.17, 15) is 9.59 Å². The van der Waals surface area contributed by atoms with Crippen LogP contribution in [-0.2, 0) is 11.4 Å². The Kier molecular flexibility index (Phi) is 6.43. The molecule has 0 bridgehead atoms. The summed E-state index contributed by atoms with van der Waals surface area (Å²) < 4.78 is 5.75. The smallest absolute Gasteiger partial charge is 0.251 e. The highest BCUT2D eigenvalue weighted by atomic mass is 16.5. The number of benzene rings is 3. The van der Waals surface area contributed by atoms with Gasteiger partial charge in [-0.15, -0.1) is 0 Å². The predicted octanol–water partition coefficient (Wildman–Crippen LogP) is 4.81. The standard InChI is InChI=1S/C26H24N2O3/c29-25(17-8-19-6-9-21(10-7-19)26(30)28-23-11-12-23)27-22-13-15-24(16-14-22)31-18-20-4-2-1-3-5-20/h1-10,13-17,23H,11-12,18H2,(H,27,29)(H,28,30)/b17-8+. The maximum absolute atomic E-state index is 12.2. The highest BCUT2D eigenvalue weighted by Crippen LogP contribution is 2.20. The number of rotatable bonds is 8. The number of ether oxygens (including phenoxy) is 1. The summed E-state index contributed by atoms with van der Waals surface area (Å²) in [7, 11) is 0. The maximum Gasteiger partial charge on any atom is 0.251 e. The van der Waals surface area contributed by atoms with Crippen molar-refractivity contribution in [1.29, 1.82) is 0 Å². The average Bonchev–Trinajstić information content (AvgIpc) is 3.62. The van der Waals surface area contributed by atoms with E-state index in [2.05, 4.69) is 10.6 Å². The summed E-state index contributed by atoms with van der Waals surface area (Å²) in [5.74, 6) is 0.462. The maximum atomic E-state index is 12.2. The van der Waals surface area contributed by atoms with Crippen molar-refractivity contribution in [3.8, 4) is 5.75 Å². The van der Waals surface area contributed by atoms with Crippen molar-refractivity contribution >= 4 is 23.6 Å². The number of hydrogen-bond acceptors (Lipinski definition) is 3. The third-order valence-corrected chi connectivity index (χ3v) is 4.88. The number of amides is 2. The van der Waals surface area contributed by atoms with Gasteiger partial charge in [0.05, 0.1) is 0 Å². The molecule has 5 heteroatoms. The first-order chi connectivity index (χ1) is 15.2. The average molecular weight is 412 g/mol. The van der Waals surface area contributed by atoms with Gasteiger partial charge in [0, 0.05) is 23.4 Å². The van der Waals surface area contributed by atoms with Crippen molar-refractivity contribution in [1.82, 2.24) is 5.32 Å². The first kappa shape index (κ1) is 20.4. The van der Waals surface area contributed by atoms with E-state index in [4.69, 9.17) is 4.74 Å². The molecule has 3 aromatic rings. The third kappa shape index (κ3) is 6.31. The molecule has 1 aliphatic carbocycles. The molecule has 0 unspecified atom stereocenters. The van der Waals surface area contributed by atoms with Gasteiger partial charge in [0.2, 0.25) is 5.91 Å². The van der Waals surface area contributed by atoms with E-state index in [1.54, 1.807) is 30.3 Å². The van der Waals surface area contributed by atoms with Crippen LogP contribution in [0.25, 0.3) is 6.08 Å². The first-order valence-electron chi connectivity index (χ1n) is 10.3. The molecular formula is C26H24N2O3. The zero-order chi connectivity index (χ0) is 21.5. The second-order valence-corrected chi connectivity index (χ2v) is 7.49. The van der Waals surface area contributed by atoms with Gasteiger partial charge in [0.15, 0.2) is 0 Å². The first-order valence-corrected chi connectivity index (χ1v) is 10.3. The van der Waals surface area contributed by atoms with E-state index in [1.165, 1.54) is 6.08 Å². The molecule has 0 aromatic heterocycles. The van der Waals surface area contributed by atoms with Gasteiger partial charge < -0.3 is 15.4 Å². The summed E-state index contributed by atoms with van der Waals surface area (Å²) >= 11 is 0. The lowest BCUT2D eigenvalue weighted by Crippen LogP contribution is -2.25. The van der Waals surface area contributed by atoms with E-state index in [0.717, 1.165) is 29.7 Å². The quantitative estimate of drug-likeness (QED) is 0.522. The number of hydrogen-bond donors (Lipinski definition) is 2. The molecule has 1 fully saturated rings. The molecule has 0 radical (unpaired) electrons. The fraction of sp³-hybridized carbons (Fsp3) is 0.154. The monoisotopic (exact) mass is 412 g/mol. The second-order valence-electron chi connectivity index (χ2n) is 7.49. The fourth-order valence-electron chi connectivity index (χ4n) is 2.97. The topological polar surface area (TPSA) is 67.4 Å². The summed E-state index contributed by atoms with van der Waals surface area (Å²) in [5, 5.41) is 5.78. The van der Waals surface area contributed by atoms with Crippen LogP contribution in [0.5, 0.6) is 5.75 Å². The van der Waals surface area contributed by atoms with Crippen molar-refractivity contribution in [2.45, 2.75) is 25.5 Å². The molecule has 5 nitrogen and oxygen atoms in total. The van der Waals surface area contributed by atoms with Crippen molar-refractivity contribution in [2.24, 2.45) is 0 Å². The van der Waals surface area contributed by atoms with Crippen molar-refractivity contribution in [2.75, 3.05) is 5.32 Å². The molecule has 0 saturated heterocycles. The minimum Gasteiger partial charge on any atom is -0.489 e. The van der Waals surface area contributed by atoms with E-state index in [-0.39, 0.29) is 11.8 Å². The molecule has 4 rings (SSSR count). The van der Waals surface area contributed by atoms with Crippen molar-refractivity contribution < 1.29 is 14.3 Å². The Morgan fingerprint density at radius 1 is 0.903 bits per heavy atom. The number of anilines is 1. The lowest BCUT2D eigenvalue weighted by Gasteiger charge is -2.07. The normalized spacial score (nSPS) is 13.0. The summed E-state index contributed by atoms with van der Waals surface area (Å²) in [5.41, 5.74) is 3.27. The molecule has 1 aliphatic rings. The molecule has 3 aromatic carbocycles. The molecule has 0 spiro atoms. The van der Waals surface area contributed by atoms with Crippen molar-refractivity contribution in [3.05, 3.63) is 102 Å². The summed E-state index contributed by atoms with van der Waals surface area (Å²) in [4.78, 5) is 24.2. The number of carbonyl (C=O) groups is 2.